The molecule has 1 fully saturated rings. The molecule has 5 nitrogen and oxygen atoms in total. The number of hydrazone groups is 1. The van der Waals surface area contributed by atoms with Crippen molar-refractivity contribution in [2.24, 2.45) is 11.0 Å². The van der Waals surface area contributed by atoms with Gasteiger partial charge in [-0.2, -0.15) is 18.3 Å². The van der Waals surface area contributed by atoms with Crippen LogP contribution in [0.2, 0.25) is 0 Å². The van der Waals surface area contributed by atoms with Crippen LogP contribution in [0.1, 0.15) is 25.7 Å². The molecule has 0 saturated carbocycles. The summed E-state index contributed by atoms with van der Waals surface area (Å²) in [5.74, 6) is -2.16. The van der Waals surface area contributed by atoms with Crippen molar-refractivity contribution in [3.63, 3.8) is 0 Å². The van der Waals surface area contributed by atoms with Gasteiger partial charge >= 0.3 is 6.18 Å². The molecule has 2 aliphatic heterocycles. The first-order valence-electron chi connectivity index (χ1n) is 6.49. The molecule has 20 heavy (non-hydrogen) atoms. The summed E-state index contributed by atoms with van der Waals surface area (Å²) in [4.78, 5) is 24.6. The lowest BCUT2D eigenvalue weighted by molar-refractivity contribution is -0.187. The summed E-state index contributed by atoms with van der Waals surface area (Å²) in [6.07, 6.45) is -3.54. The Kier molecular flexibility index (Phi) is 4.01. The monoisotopic (exact) mass is 291 g/mol. The van der Waals surface area contributed by atoms with E-state index in [0.29, 0.717) is 13.0 Å². The van der Waals surface area contributed by atoms with Crippen LogP contribution in [-0.4, -0.2) is 53.7 Å². The molecule has 112 valence electrons. The second kappa shape index (κ2) is 5.41. The molecule has 0 aliphatic carbocycles. The van der Waals surface area contributed by atoms with E-state index in [0.717, 1.165) is 5.01 Å². The van der Waals surface area contributed by atoms with Gasteiger partial charge in [-0.05, 0) is 12.8 Å². The number of carbonyl (C=O) groups excluding carboxylic acids is 2. The average molecular weight is 291 g/mol. The molecule has 0 unspecified atom stereocenters. The first kappa shape index (κ1) is 14.8. The standard InChI is InChI=1S/C12H16F3N3O2/c1-17-10(19)5-4-9(16-17)11(20)18-6-2-3-8(7-18)12(13,14)15/h8H,2-7H2,1H3/t8-/m1/s1. The number of hydrogen-bond acceptors (Lipinski definition) is 3. The minimum atomic E-state index is -4.28. The third kappa shape index (κ3) is 3.10. The van der Waals surface area contributed by atoms with Crippen LogP contribution in [0.25, 0.3) is 0 Å². The van der Waals surface area contributed by atoms with Crippen LogP contribution < -0.4 is 0 Å². The zero-order chi connectivity index (χ0) is 14.9. The van der Waals surface area contributed by atoms with Gasteiger partial charge in [-0.15, -0.1) is 0 Å². The predicted molar refractivity (Wildman–Crippen MR) is 64.8 cm³/mol. The van der Waals surface area contributed by atoms with Gasteiger partial charge in [0.1, 0.15) is 5.71 Å². The van der Waals surface area contributed by atoms with Gasteiger partial charge < -0.3 is 4.90 Å². The minimum absolute atomic E-state index is 0.0537. The predicted octanol–water partition coefficient (Wildman–Crippen LogP) is 1.40. The lowest BCUT2D eigenvalue weighted by Gasteiger charge is -2.34. The normalized spacial score (nSPS) is 24.7. The van der Waals surface area contributed by atoms with Crippen molar-refractivity contribution < 1.29 is 22.8 Å². The summed E-state index contributed by atoms with van der Waals surface area (Å²) >= 11 is 0. The van der Waals surface area contributed by atoms with Crippen LogP contribution in [0, 0.1) is 5.92 Å². The van der Waals surface area contributed by atoms with E-state index in [4.69, 9.17) is 0 Å². The van der Waals surface area contributed by atoms with E-state index in [9.17, 15) is 22.8 Å². The summed E-state index contributed by atoms with van der Waals surface area (Å²) in [6, 6.07) is 0. The Morgan fingerprint density at radius 2 is 2.05 bits per heavy atom. The molecule has 2 heterocycles. The van der Waals surface area contributed by atoms with Gasteiger partial charge in [0.15, 0.2) is 0 Å². The lowest BCUT2D eigenvalue weighted by Crippen LogP contribution is -2.48. The molecular weight excluding hydrogens is 275 g/mol. The molecule has 0 aromatic rings. The van der Waals surface area contributed by atoms with Gasteiger partial charge in [-0.1, -0.05) is 0 Å². The van der Waals surface area contributed by atoms with E-state index in [1.165, 1.54) is 11.9 Å². The first-order chi connectivity index (χ1) is 9.29. The van der Waals surface area contributed by atoms with E-state index in [1.54, 1.807) is 0 Å². The third-order valence-electron chi connectivity index (χ3n) is 3.63. The number of piperidine rings is 1. The fraction of sp³-hybridized carbons (Fsp3) is 0.750. The molecule has 1 atom stereocenters. The Bertz CT molecular complexity index is 448. The van der Waals surface area contributed by atoms with Crippen LogP contribution in [0.3, 0.4) is 0 Å². The molecule has 8 heteroatoms. The van der Waals surface area contributed by atoms with Crippen LogP contribution >= 0.6 is 0 Å². The molecule has 2 amide bonds. The molecule has 0 bridgehead atoms. The number of alkyl halides is 3. The molecular formula is C12H16F3N3O2. The highest BCUT2D eigenvalue weighted by molar-refractivity contribution is 6.39. The van der Waals surface area contributed by atoms with Gasteiger partial charge in [-0.3, -0.25) is 9.59 Å². The number of hydrogen-bond donors (Lipinski definition) is 0. The summed E-state index contributed by atoms with van der Waals surface area (Å²) in [5, 5.41) is 4.92. The molecule has 0 aromatic carbocycles. The molecule has 2 rings (SSSR count). The zero-order valence-corrected chi connectivity index (χ0v) is 11.1. The highest BCUT2D eigenvalue weighted by atomic mass is 19.4. The smallest absolute Gasteiger partial charge is 0.337 e. The van der Waals surface area contributed by atoms with Crippen LogP contribution in [0.15, 0.2) is 5.10 Å². The SMILES string of the molecule is CN1N=C(C(=O)N2CCC[C@@H](C(F)(F)F)C2)CCC1=O. The summed E-state index contributed by atoms with van der Waals surface area (Å²) in [7, 11) is 1.43. The fourth-order valence-corrected chi connectivity index (χ4v) is 2.43. The van der Waals surface area contributed by atoms with Crippen LogP contribution in [-0.2, 0) is 9.59 Å². The van der Waals surface area contributed by atoms with Gasteiger partial charge in [0.05, 0.1) is 5.92 Å². The number of amides is 2. The summed E-state index contributed by atoms with van der Waals surface area (Å²) in [5.41, 5.74) is 0.162. The molecule has 0 N–H and O–H groups in total. The summed E-state index contributed by atoms with van der Waals surface area (Å²) in [6.45, 7) is -0.0128. The van der Waals surface area contributed by atoms with E-state index in [-0.39, 0.29) is 37.4 Å². The van der Waals surface area contributed by atoms with E-state index >= 15 is 0 Å². The van der Waals surface area contributed by atoms with Crippen LogP contribution in [0.4, 0.5) is 13.2 Å². The van der Waals surface area contributed by atoms with Crippen molar-refractivity contribution in [1.82, 2.24) is 9.91 Å². The second-order valence-corrected chi connectivity index (χ2v) is 5.10. The highest BCUT2D eigenvalue weighted by Crippen LogP contribution is 2.33. The topological polar surface area (TPSA) is 53.0 Å². The fourth-order valence-electron chi connectivity index (χ4n) is 2.43. The number of carbonyl (C=O) groups is 2. The van der Waals surface area contributed by atoms with Crippen molar-refractivity contribution in [3.05, 3.63) is 0 Å². The molecule has 0 spiro atoms. The van der Waals surface area contributed by atoms with Gasteiger partial charge in [0.2, 0.25) is 5.91 Å². The Hall–Kier alpha value is -1.60. The number of nitrogens with zero attached hydrogens (tertiary/aromatic N) is 3. The number of rotatable bonds is 1. The van der Waals surface area contributed by atoms with E-state index in [2.05, 4.69) is 5.10 Å². The molecule has 2 aliphatic rings. The van der Waals surface area contributed by atoms with Gasteiger partial charge in [0, 0.05) is 33.0 Å². The van der Waals surface area contributed by atoms with Gasteiger partial charge in [-0.25, -0.2) is 5.01 Å². The maximum absolute atomic E-state index is 12.7. The highest BCUT2D eigenvalue weighted by Gasteiger charge is 2.43. The first-order valence-corrected chi connectivity index (χ1v) is 6.49. The Morgan fingerprint density at radius 1 is 1.35 bits per heavy atom. The second-order valence-electron chi connectivity index (χ2n) is 5.10. The minimum Gasteiger partial charge on any atom is -0.337 e. The quantitative estimate of drug-likeness (QED) is 0.733. The molecule has 1 saturated heterocycles. The van der Waals surface area contributed by atoms with Gasteiger partial charge in [0.25, 0.3) is 5.91 Å². The van der Waals surface area contributed by atoms with Crippen molar-refractivity contribution in [2.45, 2.75) is 31.9 Å². The maximum atomic E-state index is 12.7. The number of likely N-dealkylation sites (tertiary alicyclic amines) is 1. The Balaban J connectivity index is 2.06. The Morgan fingerprint density at radius 3 is 2.65 bits per heavy atom. The van der Waals surface area contributed by atoms with E-state index in [1.807, 2.05) is 0 Å². The molecule has 0 aromatic heterocycles. The lowest BCUT2D eigenvalue weighted by atomic mass is 9.97. The average Bonchev–Trinajstić information content (AvgIpc) is 2.40. The van der Waals surface area contributed by atoms with Crippen molar-refractivity contribution in [3.8, 4) is 0 Å². The maximum Gasteiger partial charge on any atom is 0.393 e. The number of halogens is 3. The van der Waals surface area contributed by atoms with Crippen molar-refractivity contribution >= 4 is 17.5 Å². The summed E-state index contributed by atoms with van der Waals surface area (Å²) < 4.78 is 38.1. The third-order valence-corrected chi connectivity index (χ3v) is 3.63. The zero-order valence-electron chi connectivity index (χ0n) is 11.1. The van der Waals surface area contributed by atoms with Crippen LogP contribution in [0.5, 0.6) is 0 Å². The van der Waals surface area contributed by atoms with Crippen molar-refractivity contribution in [1.29, 1.82) is 0 Å². The molecule has 0 radical (unpaired) electrons. The van der Waals surface area contributed by atoms with E-state index < -0.39 is 18.0 Å². The largest absolute Gasteiger partial charge is 0.393 e. The Labute approximate surface area is 114 Å². The van der Waals surface area contributed by atoms with Crippen molar-refractivity contribution in [2.75, 3.05) is 20.1 Å².